The van der Waals surface area contributed by atoms with Crippen LogP contribution in [-0.4, -0.2) is 44.2 Å². The number of hydrogen-bond donors (Lipinski definition) is 4. The van der Waals surface area contributed by atoms with Gasteiger partial charge in [-0.3, -0.25) is 4.79 Å². The van der Waals surface area contributed by atoms with Crippen LogP contribution in [-0.2, 0) is 4.79 Å². The van der Waals surface area contributed by atoms with Crippen LogP contribution in [0, 0.1) is 63.1 Å². The number of carboxylic acids is 1. The molecule has 200 valence electrons. The molecular weight excluding hydrogens is 452 g/mol. The first-order valence-corrected chi connectivity index (χ1v) is 14.1. The molecule has 5 nitrogen and oxygen atoms in total. The summed E-state index contributed by atoms with van der Waals surface area (Å²) in [6, 6.07) is 0. The van der Waals surface area contributed by atoms with Gasteiger partial charge >= 0.3 is 5.97 Å². The standard InChI is InChI=1S/C31H46O5/c1-8-26(3)21-12-13-29(6)22(27(21,4)17-20(32)24(26)33)10-9-19-23-30(7,36)18(2)11-14-31(23,25(34)35)16-15-28(19,29)5/h1,9,18,20-24,32-33,36H,10-17H2,2-7H3,(H,34,35)/t18-,20-,21?,22-,23-,24+,26+,27+,28-,29-,30-,31+/m1/s1. The maximum absolute atomic E-state index is 12.8. The summed E-state index contributed by atoms with van der Waals surface area (Å²) in [7, 11) is 0. The molecule has 0 saturated heterocycles. The van der Waals surface area contributed by atoms with Crippen LogP contribution >= 0.6 is 0 Å². The third kappa shape index (κ3) is 2.82. The van der Waals surface area contributed by atoms with Crippen molar-refractivity contribution in [1.82, 2.24) is 0 Å². The summed E-state index contributed by atoms with van der Waals surface area (Å²) in [5, 5.41) is 44.4. The van der Waals surface area contributed by atoms with Crippen LogP contribution in [0.5, 0.6) is 0 Å². The minimum Gasteiger partial charge on any atom is -0.481 e. The lowest BCUT2D eigenvalue weighted by Gasteiger charge is -2.71. The summed E-state index contributed by atoms with van der Waals surface area (Å²) in [5.41, 5.74) is -2.25. The van der Waals surface area contributed by atoms with Crippen LogP contribution in [0.2, 0.25) is 0 Å². The van der Waals surface area contributed by atoms with Gasteiger partial charge in [-0.2, -0.15) is 0 Å². The Morgan fingerprint density at radius 3 is 2.31 bits per heavy atom. The molecule has 5 aliphatic carbocycles. The van der Waals surface area contributed by atoms with Crippen LogP contribution in [0.4, 0.5) is 0 Å². The van der Waals surface area contributed by atoms with E-state index in [-0.39, 0.29) is 34.0 Å². The number of aliphatic hydroxyl groups excluding tert-OH is 2. The molecule has 0 spiro atoms. The first-order valence-electron chi connectivity index (χ1n) is 14.1. The zero-order valence-electron chi connectivity index (χ0n) is 23.0. The Bertz CT molecular complexity index is 1040. The van der Waals surface area contributed by atoms with Gasteiger partial charge in [-0.1, -0.05) is 45.3 Å². The fourth-order valence-corrected chi connectivity index (χ4v) is 10.8. The Morgan fingerprint density at radius 2 is 1.69 bits per heavy atom. The van der Waals surface area contributed by atoms with Crippen molar-refractivity contribution in [3.63, 3.8) is 0 Å². The van der Waals surface area contributed by atoms with Gasteiger partial charge in [0.1, 0.15) is 0 Å². The van der Waals surface area contributed by atoms with Gasteiger partial charge in [0.2, 0.25) is 0 Å². The molecule has 0 aromatic rings. The lowest BCUT2D eigenvalue weighted by molar-refractivity contribution is -0.229. The van der Waals surface area contributed by atoms with Crippen LogP contribution < -0.4 is 0 Å². The van der Waals surface area contributed by atoms with E-state index in [1.165, 1.54) is 0 Å². The molecule has 4 fully saturated rings. The molecule has 5 rings (SSSR count). The summed E-state index contributed by atoms with van der Waals surface area (Å²) in [6.45, 7) is 12.9. The summed E-state index contributed by atoms with van der Waals surface area (Å²) < 4.78 is 0. The topological polar surface area (TPSA) is 98.0 Å². The van der Waals surface area contributed by atoms with E-state index in [1.54, 1.807) is 0 Å². The highest BCUT2D eigenvalue weighted by molar-refractivity contribution is 5.77. The molecule has 1 unspecified atom stereocenters. The van der Waals surface area contributed by atoms with Gasteiger partial charge in [-0.25, -0.2) is 0 Å². The Hall–Kier alpha value is -1.35. The Kier molecular flexibility index (Phi) is 5.55. The molecular formula is C31H46O5. The van der Waals surface area contributed by atoms with E-state index in [0.29, 0.717) is 19.3 Å². The molecule has 5 heteroatoms. The van der Waals surface area contributed by atoms with Crippen LogP contribution in [0.15, 0.2) is 11.6 Å². The number of rotatable bonds is 1. The first kappa shape index (κ1) is 26.3. The molecule has 0 radical (unpaired) electrons. The Balaban J connectivity index is 1.66. The number of hydrogen-bond acceptors (Lipinski definition) is 4. The summed E-state index contributed by atoms with van der Waals surface area (Å²) in [5.74, 6) is 2.12. The molecule has 36 heavy (non-hydrogen) atoms. The minimum atomic E-state index is -1.08. The smallest absolute Gasteiger partial charge is 0.310 e. The van der Waals surface area contributed by atoms with Crippen molar-refractivity contribution in [2.45, 2.75) is 111 Å². The zero-order valence-corrected chi connectivity index (χ0v) is 23.0. The van der Waals surface area contributed by atoms with Crippen LogP contribution in [0.3, 0.4) is 0 Å². The molecule has 0 heterocycles. The zero-order chi connectivity index (χ0) is 26.7. The maximum atomic E-state index is 12.8. The van der Waals surface area contributed by atoms with Gasteiger partial charge in [-0.15, -0.1) is 6.42 Å². The quantitative estimate of drug-likeness (QED) is 0.308. The SMILES string of the molecule is C#C[C@@]1(C)C2CC[C@]3(C)[C@H](CC=C4[C@H]5[C@](C(=O)O)(CC[C@@H](C)[C@@]5(C)O)CC[C@]43C)[C@@]2(C)C[C@@H](O)[C@@H]1O. The third-order valence-corrected chi connectivity index (χ3v) is 13.4. The number of carboxylic acid groups (broad SMARTS) is 1. The summed E-state index contributed by atoms with van der Waals surface area (Å²) >= 11 is 0. The number of aliphatic carboxylic acids is 1. The Morgan fingerprint density at radius 1 is 1.03 bits per heavy atom. The molecule has 0 aromatic heterocycles. The van der Waals surface area contributed by atoms with E-state index in [1.807, 2.05) is 13.8 Å². The third-order valence-electron chi connectivity index (χ3n) is 13.4. The average Bonchev–Trinajstić information content (AvgIpc) is 2.80. The van der Waals surface area contributed by atoms with E-state index >= 15 is 0 Å². The molecule has 5 aliphatic rings. The van der Waals surface area contributed by atoms with Gasteiger partial charge < -0.3 is 20.4 Å². The van der Waals surface area contributed by atoms with Crippen molar-refractivity contribution < 1.29 is 25.2 Å². The largest absolute Gasteiger partial charge is 0.481 e. The number of terminal acetylenes is 1. The van der Waals surface area contributed by atoms with E-state index in [0.717, 1.165) is 37.7 Å². The molecule has 4 N–H and O–H groups in total. The number of fused-ring (bicyclic) bond motifs is 7. The predicted molar refractivity (Wildman–Crippen MR) is 139 cm³/mol. The maximum Gasteiger partial charge on any atom is 0.310 e. The highest BCUT2D eigenvalue weighted by atomic mass is 16.4. The Labute approximate surface area is 216 Å². The van der Waals surface area contributed by atoms with Crippen molar-refractivity contribution in [2.24, 2.45) is 50.7 Å². The molecule has 0 bridgehead atoms. The second-order valence-corrected chi connectivity index (χ2v) is 14.5. The second kappa shape index (κ2) is 7.61. The van der Waals surface area contributed by atoms with Crippen molar-refractivity contribution in [3.8, 4) is 12.3 Å². The van der Waals surface area contributed by atoms with Crippen molar-refractivity contribution in [2.75, 3.05) is 0 Å². The number of allylic oxidation sites excluding steroid dienone is 1. The highest BCUT2D eigenvalue weighted by Crippen LogP contribution is 2.76. The van der Waals surface area contributed by atoms with Crippen LogP contribution in [0.25, 0.3) is 0 Å². The number of carbonyl (C=O) groups is 1. The minimum absolute atomic E-state index is 0.0309. The van der Waals surface area contributed by atoms with Gasteiger partial charge in [0.15, 0.2) is 0 Å². The predicted octanol–water partition coefficient (Wildman–Crippen LogP) is 4.79. The van der Waals surface area contributed by atoms with Crippen molar-refractivity contribution >= 4 is 5.97 Å². The van der Waals surface area contributed by atoms with Crippen LogP contribution in [0.1, 0.15) is 92.9 Å². The fraction of sp³-hybridized carbons (Fsp3) is 0.839. The van der Waals surface area contributed by atoms with E-state index in [2.05, 4.69) is 39.7 Å². The lowest BCUT2D eigenvalue weighted by Crippen LogP contribution is -2.69. The van der Waals surface area contributed by atoms with Gasteiger partial charge in [0.25, 0.3) is 0 Å². The van der Waals surface area contributed by atoms with Crippen molar-refractivity contribution in [3.05, 3.63) is 11.6 Å². The molecule has 0 amide bonds. The van der Waals surface area contributed by atoms with Gasteiger partial charge in [0, 0.05) is 5.92 Å². The van der Waals surface area contributed by atoms with Gasteiger partial charge in [0.05, 0.1) is 28.6 Å². The lowest BCUT2D eigenvalue weighted by atomic mass is 9.33. The highest BCUT2D eigenvalue weighted by Gasteiger charge is 2.72. The van der Waals surface area contributed by atoms with Crippen molar-refractivity contribution in [1.29, 1.82) is 0 Å². The first-order chi connectivity index (χ1) is 16.6. The van der Waals surface area contributed by atoms with E-state index in [4.69, 9.17) is 6.42 Å². The normalized spacial score (nSPS) is 58.3. The molecule has 4 saturated carbocycles. The number of aliphatic hydroxyl groups is 3. The summed E-state index contributed by atoms with van der Waals surface area (Å²) in [6.07, 6.45) is 12.4. The van der Waals surface area contributed by atoms with Gasteiger partial charge in [-0.05, 0) is 99.2 Å². The molecule has 0 aliphatic heterocycles. The monoisotopic (exact) mass is 498 g/mol. The molecule has 0 aromatic carbocycles. The second-order valence-electron chi connectivity index (χ2n) is 14.5. The summed E-state index contributed by atoms with van der Waals surface area (Å²) in [4.78, 5) is 12.8. The van der Waals surface area contributed by atoms with E-state index < -0.39 is 40.5 Å². The average molecular weight is 499 g/mol. The van der Waals surface area contributed by atoms with E-state index in [9.17, 15) is 25.2 Å². The fourth-order valence-electron chi connectivity index (χ4n) is 10.8. The molecule has 12 atom stereocenters.